The predicted molar refractivity (Wildman–Crippen MR) is 86.5 cm³/mol. The molecule has 1 heterocycles. The summed E-state index contributed by atoms with van der Waals surface area (Å²) >= 11 is 1.33. The van der Waals surface area contributed by atoms with Crippen molar-refractivity contribution in [3.8, 4) is 0 Å². The van der Waals surface area contributed by atoms with Crippen LogP contribution < -0.4 is 5.32 Å². The van der Waals surface area contributed by atoms with E-state index < -0.39 is 5.25 Å². The molecule has 0 radical (unpaired) electrons. The first-order chi connectivity index (χ1) is 10.8. The molecule has 0 aliphatic heterocycles. The first kappa shape index (κ1) is 14.3. The fraction of sp³-hybridized carbons (Fsp3) is 0.0625. The molecule has 2 aromatic carbocycles. The molecule has 110 valence electrons. The van der Waals surface area contributed by atoms with Gasteiger partial charge in [0.2, 0.25) is 5.91 Å². The molecule has 1 aromatic heterocycles. The Bertz CT molecular complexity index is 716. The third kappa shape index (κ3) is 3.53. The number of aromatic amines is 1. The maximum Gasteiger partial charge on any atom is 0.242 e. The Morgan fingerprint density at radius 3 is 2.36 bits per heavy atom. The van der Waals surface area contributed by atoms with Crippen LogP contribution in [0, 0.1) is 0 Å². The van der Waals surface area contributed by atoms with Gasteiger partial charge in [-0.1, -0.05) is 60.3 Å². The molecule has 0 spiro atoms. The Hall–Kier alpha value is -2.60. The molecule has 0 saturated heterocycles. The van der Waals surface area contributed by atoms with Gasteiger partial charge in [-0.15, -0.1) is 0 Å². The molecule has 5 nitrogen and oxygen atoms in total. The number of aromatic nitrogens is 3. The second kappa shape index (κ2) is 6.91. The van der Waals surface area contributed by atoms with E-state index in [4.69, 9.17) is 0 Å². The molecule has 1 atom stereocenters. The number of carbonyl (C=O) groups is 1. The van der Waals surface area contributed by atoms with E-state index in [1.165, 1.54) is 18.1 Å². The van der Waals surface area contributed by atoms with Crippen LogP contribution in [0.2, 0.25) is 0 Å². The molecule has 3 rings (SSSR count). The number of H-pyrrole nitrogens is 1. The lowest BCUT2D eigenvalue weighted by molar-refractivity contribution is -0.115. The van der Waals surface area contributed by atoms with Gasteiger partial charge in [-0.3, -0.25) is 9.89 Å². The van der Waals surface area contributed by atoms with E-state index in [9.17, 15) is 4.79 Å². The van der Waals surface area contributed by atoms with Crippen molar-refractivity contribution >= 4 is 23.4 Å². The van der Waals surface area contributed by atoms with E-state index in [2.05, 4.69) is 20.5 Å². The number of thioether (sulfide) groups is 1. The molecule has 2 N–H and O–H groups in total. The largest absolute Gasteiger partial charge is 0.325 e. The molecule has 6 heteroatoms. The highest BCUT2D eigenvalue weighted by molar-refractivity contribution is 8.00. The van der Waals surface area contributed by atoms with Crippen molar-refractivity contribution < 1.29 is 4.79 Å². The molecule has 22 heavy (non-hydrogen) atoms. The lowest BCUT2D eigenvalue weighted by Gasteiger charge is -2.15. The minimum absolute atomic E-state index is 0.0983. The van der Waals surface area contributed by atoms with Gasteiger partial charge >= 0.3 is 0 Å². The number of para-hydroxylation sites is 1. The van der Waals surface area contributed by atoms with Gasteiger partial charge in [-0.2, -0.15) is 5.10 Å². The fourth-order valence-corrected chi connectivity index (χ4v) is 2.89. The van der Waals surface area contributed by atoms with Crippen LogP contribution in [0.3, 0.4) is 0 Å². The monoisotopic (exact) mass is 310 g/mol. The van der Waals surface area contributed by atoms with E-state index in [0.29, 0.717) is 5.16 Å². The summed E-state index contributed by atoms with van der Waals surface area (Å²) in [5.41, 5.74) is 1.68. The Morgan fingerprint density at radius 2 is 1.73 bits per heavy atom. The summed E-state index contributed by atoms with van der Waals surface area (Å²) in [5, 5.41) is 9.73. The topological polar surface area (TPSA) is 70.7 Å². The average molecular weight is 310 g/mol. The molecule has 0 bridgehead atoms. The number of hydrogen-bond donors (Lipinski definition) is 2. The first-order valence-corrected chi connectivity index (χ1v) is 7.64. The minimum Gasteiger partial charge on any atom is -0.325 e. The van der Waals surface area contributed by atoms with Crippen LogP contribution in [0.4, 0.5) is 5.69 Å². The van der Waals surface area contributed by atoms with Crippen LogP contribution >= 0.6 is 11.8 Å². The SMILES string of the molecule is O=C(Nc1ccccc1)C(Sc1ncn[nH]1)c1ccccc1. The third-order valence-electron chi connectivity index (χ3n) is 3.00. The smallest absolute Gasteiger partial charge is 0.242 e. The zero-order valence-corrected chi connectivity index (χ0v) is 12.5. The molecule has 0 aliphatic carbocycles. The molecule has 1 unspecified atom stereocenters. The second-order valence-corrected chi connectivity index (χ2v) is 5.65. The van der Waals surface area contributed by atoms with E-state index in [1.807, 2.05) is 60.7 Å². The number of benzene rings is 2. The Morgan fingerprint density at radius 1 is 1.05 bits per heavy atom. The lowest BCUT2D eigenvalue weighted by Crippen LogP contribution is -2.19. The Balaban J connectivity index is 1.83. The summed E-state index contributed by atoms with van der Waals surface area (Å²) in [6.07, 6.45) is 1.43. The van der Waals surface area contributed by atoms with Crippen LogP contribution in [0.5, 0.6) is 0 Å². The fourth-order valence-electron chi connectivity index (χ4n) is 1.99. The van der Waals surface area contributed by atoms with Gasteiger partial charge in [0, 0.05) is 5.69 Å². The van der Waals surface area contributed by atoms with E-state index in [-0.39, 0.29) is 5.91 Å². The van der Waals surface area contributed by atoms with E-state index in [1.54, 1.807) is 0 Å². The zero-order chi connectivity index (χ0) is 15.2. The summed E-state index contributed by atoms with van der Waals surface area (Å²) < 4.78 is 0. The highest BCUT2D eigenvalue weighted by atomic mass is 32.2. The van der Waals surface area contributed by atoms with Gasteiger partial charge in [0.25, 0.3) is 0 Å². The summed E-state index contributed by atoms with van der Waals surface area (Å²) in [6, 6.07) is 19.0. The first-order valence-electron chi connectivity index (χ1n) is 6.76. The minimum atomic E-state index is -0.408. The molecular formula is C16H14N4OS. The van der Waals surface area contributed by atoms with Gasteiger partial charge in [0.15, 0.2) is 5.16 Å². The van der Waals surface area contributed by atoms with Crippen molar-refractivity contribution in [2.45, 2.75) is 10.4 Å². The van der Waals surface area contributed by atoms with Crippen LogP contribution in [0.1, 0.15) is 10.8 Å². The van der Waals surface area contributed by atoms with Crippen molar-refractivity contribution in [3.63, 3.8) is 0 Å². The van der Waals surface area contributed by atoms with Crippen molar-refractivity contribution in [2.24, 2.45) is 0 Å². The predicted octanol–water partition coefficient (Wildman–Crippen LogP) is 3.28. The molecule has 1 amide bonds. The Labute approximate surface area is 132 Å². The standard InChI is InChI=1S/C16H14N4OS/c21-15(19-13-9-5-2-6-10-13)14(12-7-3-1-4-8-12)22-16-17-11-18-20-16/h1-11,14H,(H,19,21)(H,17,18,20). The maximum absolute atomic E-state index is 12.6. The summed E-state index contributed by atoms with van der Waals surface area (Å²) in [4.78, 5) is 16.7. The molecule has 3 aromatic rings. The molecule has 0 aliphatic rings. The number of rotatable bonds is 5. The third-order valence-corrected chi connectivity index (χ3v) is 4.15. The zero-order valence-electron chi connectivity index (χ0n) is 11.6. The number of amides is 1. The Kier molecular flexibility index (Phi) is 4.50. The van der Waals surface area contributed by atoms with E-state index in [0.717, 1.165) is 11.3 Å². The quantitative estimate of drug-likeness (QED) is 0.710. The molecule has 0 fully saturated rings. The van der Waals surface area contributed by atoms with Crippen molar-refractivity contribution in [1.82, 2.24) is 15.2 Å². The number of nitrogens with zero attached hydrogens (tertiary/aromatic N) is 2. The van der Waals surface area contributed by atoms with Crippen LogP contribution in [-0.4, -0.2) is 21.1 Å². The second-order valence-electron chi connectivity index (χ2n) is 4.55. The summed E-state index contributed by atoms with van der Waals surface area (Å²) in [5.74, 6) is -0.0983. The maximum atomic E-state index is 12.6. The number of hydrogen-bond acceptors (Lipinski definition) is 4. The highest BCUT2D eigenvalue weighted by Gasteiger charge is 2.23. The van der Waals surface area contributed by atoms with Crippen molar-refractivity contribution in [2.75, 3.05) is 5.32 Å². The van der Waals surface area contributed by atoms with Crippen LogP contribution in [-0.2, 0) is 4.79 Å². The van der Waals surface area contributed by atoms with Gasteiger partial charge < -0.3 is 5.32 Å². The van der Waals surface area contributed by atoms with Gasteiger partial charge in [0.1, 0.15) is 11.6 Å². The lowest BCUT2D eigenvalue weighted by atomic mass is 10.1. The average Bonchev–Trinajstić information content (AvgIpc) is 3.07. The van der Waals surface area contributed by atoms with Crippen LogP contribution in [0.15, 0.2) is 72.1 Å². The number of anilines is 1. The van der Waals surface area contributed by atoms with E-state index >= 15 is 0 Å². The normalized spacial score (nSPS) is 11.8. The summed E-state index contributed by atoms with van der Waals surface area (Å²) in [7, 11) is 0. The van der Waals surface area contributed by atoms with Gasteiger partial charge in [-0.25, -0.2) is 4.98 Å². The number of nitrogens with one attached hydrogen (secondary N) is 2. The highest BCUT2D eigenvalue weighted by Crippen LogP contribution is 2.34. The summed E-state index contributed by atoms with van der Waals surface area (Å²) in [6.45, 7) is 0. The van der Waals surface area contributed by atoms with Crippen molar-refractivity contribution in [3.05, 3.63) is 72.6 Å². The van der Waals surface area contributed by atoms with Gasteiger partial charge in [0.05, 0.1) is 0 Å². The number of carbonyl (C=O) groups excluding carboxylic acids is 1. The molecular weight excluding hydrogens is 296 g/mol. The van der Waals surface area contributed by atoms with Gasteiger partial charge in [-0.05, 0) is 17.7 Å². The molecule has 0 saturated carbocycles. The van der Waals surface area contributed by atoms with Crippen molar-refractivity contribution in [1.29, 1.82) is 0 Å². The van der Waals surface area contributed by atoms with Crippen LogP contribution in [0.25, 0.3) is 0 Å².